The number of carbonyl (C=O) groups excluding carboxylic acids is 1. The van der Waals surface area contributed by atoms with E-state index in [1.165, 1.54) is 6.08 Å². The Morgan fingerprint density at radius 3 is 2.52 bits per heavy atom. The van der Waals surface area contributed by atoms with Crippen molar-refractivity contribution >= 4 is 12.0 Å². The predicted molar refractivity (Wildman–Crippen MR) is 108 cm³/mol. The third-order valence-electron chi connectivity index (χ3n) is 4.22. The minimum Gasteiger partial charge on any atom is -0.497 e. The van der Waals surface area contributed by atoms with E-state index in [0.29, 0.717) is 23.0 Å². The first-order valence-corrected chi connectivity index (χ1v) is 9.01. The normalized spacial score (nSPS) is 12.0. The molecular formula is C22H22N2O5. The lowest BCUT2D eigenvalue weighted by Gasteiger charge is -2.08. The summed E-state index contributed by atoms with van der Waals surface area (Å²) in [6, 6.07) is 13.0. The summed E-state index contributed by atoms with van der Waals surface area (Å²) >= 11 is 0. The van der Waals surface area contributed by atoms with E-state index < -0.39 is 12.1 Å². The van der Waals surface area contributed by atoms with Gasteiger partial charge in [0, 0.05) is 17.2 Å². The molecule has 7 heteroatoms. The van der Waals surface area contributed by atoms with Crippen LogP contribution in [-0.4, -0.2) is 30.4 Å². The Labute approximate surface area is 168 Å². The maximum absolute atomic E-state index is 12.2. The Morgan fingerprint density at radius 2 is 1.83 bits per heavy atom. The minimum absolute atomic E-state index is 0.223. The number of carbonyl (C=O) groups is 1. The van der Waals surface area contributed by atoms with Crippen molar-refractivity contribution in [2.45, 2.75) is 20.0 Å². The van der Waals surface area contributed by atoms with Crippen LogP contribution in [0.3, 0.4) is 0 Å². The standard InChI is InChI=1S/C22H22N2O5/c1-14-5-7-16(8-6-14)22-24-23-21(29-22)15(2)28-20(25)12-9-17-13-18(26-3)10-11-19(17)27-4/h5-13,15H,1-4H3/b12-9+/t15-/m1/s1. The van der Waals surface area contributed by atoms with E-state index in [9.17, 15) is 4.79 Å². The van der Waals surface area contributed by atoms with Gasteiger partial charge in [-0.15, -0.1) is 10.2 Å². The van der Waals surface area contributed by atoms with Gasteiger partial charge in [0.15, 0.2) is 6.10 Å². The van der Waals surface area contributed by atoms with Crippen molar-refractivity contribution in [1.29, 1.82) is 0 Å². The van der Waals surface area contributed by atoms with Gasteiger partial charge in [0.1, 0.15) is 11.5 Å². The molecule has 0 amide bonds. The van der Waals surface area contributed by atoms with Crippen molar-refractivity contribution in [3.05, 3.63) is 65.6 Å². The van der Waals surface area contributed by atoms with Gasteiger partial charge in [-0.1, -0.05) is 17.7 Å². The summed E-state index contributed by atoms with van der Waals surface area (Å²) in [6.45, 7) is 3.67. The summed E-state index contributed by atoms with van der Waals surface area (Å²) in [5.41, 5.74) is 2.63. The zero-order chi connectivity index (χ0) is 20.8. The number of hydrogen-bond donors (Lipinski definition) is 0. The molecule has 0 aliphatic rings. The molecule has 150 valence electrons. The van der Waals surface area contributed by atoms with Gasteiger partial charge in [-0.2, -0.15) is 0 Å². The molecule has 0 fully saturated rings. The van der Waals surface area contributed by atoms with Gasteiger partial charge < -0.3 is 18.6 Å². The van der Waals surface area contributed by atoms with Gasteiger partial charge >= 0.3 is 5.97 Å². The lowest BCUT2D eigenvalue weighted by Crippen LogP contribution is -2.06. The van der Waals surface area contributed by atoms with E-state index in [4.69, 9.17) is 18.6 Å². The van der Waals surface area contributed by atoms with Gasteiger partial charge in [0.25, 0.3) is 5.89 Å². The molecule has 3 aromatic rings. The molecule has 1 heterocycles. The average Bonchev–Trinajstić information content (AvgIpc) is 3.23. The van der Waals surface area contributed by atoms with Crippen molar-refractivity contribution in [3.8, 4) is 23.0 Å². The van der Waals surface area contributed by atoms with E-state index in [-0.39, 0.29) is 5.89 Å². The second kappa shape index (κ2) is 9.05. The van der Waals surface area contributed by atoms with Gasteiger partial charge in [-0.3, -0.25) is 0 Å². The molecule has 1 aromatic heterocycles. The third kappa shape index (κ3) is 5.01. The largest absolute Gasteiger partial charge is 0.497 e. The fourth-order valence-corrected chi connectivity index (χ4v) is 2.60. The fraction of sp³-hybridized carbons (Fsp3) is 0.227. The van der Waals surface area contributed by atoms with Gasteiger partial charge in [-0.05, 0) is 50.3 Å². The number of ether oxygens (including phenoxy) is 3. The molecule has 0 spiro atoms. The van der Waals surface area contributed by atoms with E-state index in [1.54, 1.807) is 45.4 Å². The summed E-state index contributed by atoms with van der Waals surface area (Å²) in [7, 11) is 3.13. The number of hydrogen-bond acceptors (Lipinski definition) is 7. The fourth-order valence-electron chi connectivity index (χ4n) is 2.60. The summed E-state index contributed by atoms with van der Waals surface area (Å²) in [5.74, 6) is 1.32. The predicted octanol–water partition coefficient (Wildman–Crippen LogP) is 4.38. The van der Waals surface area contributed by atoms with Crippen LogP contribution in [0, 0.1) is 6.92 Å². The molecule has 0 saturated heterocycles. The first-order valence-electron chi connectivity index (χ1n) is 9.01. The van der Waals surface area contributed by atoms with Crippen LogP contribution in [-0.2, 0) is 9.53 Å². The van der Waals surface area contributed by atoms with Crippen molar-refractivity contribution < 1.29 is 23.4 Å². The first kappa shape index (κ1) is 20.1. The quantitative estimate of drug-likeness (QED) is 0.434. The van der Waals surface area contributed by atoms with Crippen LogP contribution < -0.4 is 9.47 Å². The number of esters is 1. The monoisotopic (exact) mass is 394 g/mol. The van der Waals surface area contributed by atoms with Crippen LogP contribution in [0.1, 0.15) is 30.0 Å². The van der Waals surface area contributed by atoms with E-state index in [1.807, 2.05) is 31.2 Å². The van der Waals surface area contributed by atoms with Crippen LogP contribution in [0.4, 0.5) is 0 Å². The Hall–Kier alpha value is -3.61. The van der Waals surface area contributed by atoms with Crippen LogP contribution >= 0.6 is 0 Å². The van der Waals surface area contributed by atoms with Crippen LogP contribution in [0.25, 0.3) is 17.5 Å². The smallest absolute Gasteiger partial charge is 0.331 e. The molecule has 0 saturated carbocycles. The van der Waals surface area contributed by atoms with Crippen molar-refractivity contribution in [3.63, 3.8) is 0 Å². The highest BCUT2D eigenvalue weighted by Gasteiger charge is 2.18. The number of nitrogens with zero attached hydrogens (tertiary/aromatic N) is 2. The van der Waals surface area contributed by atoms with Crippen molar-refractivity contribution in [1.82, 2.24) is 10.2 Å². The number of aromatic nitrogens is 2. The second-order valence-electron chi connectivity index (χ2n) is 6.33. The van der Waals surface area contributed by atoms with Gasteiger partial charge in [-0.25, -0.2) is 4.79 Å². The highest BCUT2D eigenvalue weighted by Crippen LogP contribution is 2.26. The molecule has 7 nitrogen and oxygen atoms in total. The Balaban J connectivity index is 1.67. The molecule has 29 heavy (non-hydrogen) atoms. The molecule has 0 aliphatic heterocycles. The molecule has 3 rings (SSSR count). The van der Waals surface area contributed by atoms with Crippen LogP contribution in [0.2, 0.25) is 0 Å². The summed E-state index contributed by atoms with van der Waals surface area (Å²) in [5, 5.41) is 8.01. The Bertz CT molecular complexity index is 1010. The van der Waals surface area contributed by atoms with Gasteiger partial charge in [0.05, 0.1) is 14.2 Å². The first-order chi connectivity index (χ1) is 14.0. The number of benzene rings is 2. The Morgan fingerprint density at radius 1 is 1.07 bits per heavy atom. The topological polar surface area (TPSA) is 83.7 Å². The highest BCUT2D eigenvalue weighted by molar-refractivity contribution is 5.87. The molecular weight excluding hydrogens is 372 g/mol. The van der Waals surface area contributed by atoms with Crippen molar-refractivity contribution in [2.24, 2.45) is 0 Å². The number of aryl methyl sites for hydroxylation is 1. The molecule has 0 bridgehead atoms. The SMILES string of the molecule is COc1ccc(OC)c(/C=C/C(=O)O[C@H](C)c2nnc(-c3ccc(C)cc3)o2)c1. The summed E-state index contributed by atoms with van der Waals surface area (Å²) < 4.78 is 21.5. The van der Waals surface area contributed by atoms with E-state index in [2.05, 4.69) is 10.2 Å². The lowest BCUT2D eigenvalue weighted by atomic mass is 10.1. The highest BCUT2D eigenvalue weighted by atomic mass is 16.6. The summed E-state index contributed by atoms with van der Waals surface area (Å²) in [6.07, 6.45) is 2.22. The third-order valence-corrected chi connectivity index (χ3v) is 4.22. The zero-order valence-electron chi connectivity index (χ0n) is 16.7. The lowest BCUT2D eigenvalue weighted by molar-refractivity contribution is -0.143. The number of rotatable bonds is 7. The summed E-state index contributed by atoms with van der Waals surface area (Å²) in [4.78, 5) is 12.2. The van der Waals surface area contributed by atoms with E-state index in [0.717, 1.165) is 11.1 Å². The van der Waals surface area contributed by atoms with E-state index >= 15 is 0 Å². The molecule has 0 aliphatic carbocycles. The minimum atomic E-state index is -0.689. The molecule has 2 aromatic carbocycles. The number of methoxy groups -OCH3 is 2. The molecule has 1 atom stereocenters. The Kier molecular flexibility index (Phi) is 6.29. The van der Waals surface area contributed by atoms with Gasteiger partial charge in [0.2, 0.25) is 5.89 Å². The van der Waals surface area contributed by atoms with Crippen molar-refractivity contribution in [2.75, 3.05) is 14.2 Å². The molecule has 0 N–H and O–H groups in total. The average molecular weight is 394 g/mol. The zero-order valence-corrected chi connectivity index (χ0v) is 16.7. The van der Waals surface area contributed by atoms with Crippen LogP contribution in [0.15, 0.2) is 53.0 Å². The molecule has 0 unspecified atom stereocenters. The second-order valence-corrected chi connectivity index (χ2v) is 6.33. The maximum Gasteiger partial charge on any atom is 0.331 e. The van der Waals surface area contributed by atoms with Crippen LogP contribution in [0.5, 0.6) is 11.5 Å². The maximum atomic E-state index is 12.2. The molecule has 0 radical (unpaired) electrons.